The second-order valence-corrected chi connectivity index (χ2v) is 4.14. The molecule has 0 aromatic heterocycles. The van der Waals surface area contributed by atoms with E-state index in [0.29, 0.717) is 31.7 Å². The lowest BCUT2D eigenvalue weighted by Gasteiger charge is -2.05. The monoisotopic (exact) mass is 286 g/mol. The van der Waals surface area contributed by atoms with Crippen molar-refractivity contribution in [1.82, 2.24) is 5.32 Å². The van der Waals surface area contributed by atoms with E-state index in [1.165, 1.54) is 18.2 Å². The molecular formula is C12H15ClN2O4. The van der Waals surface area contributed by atoms with Gasteiger partial charge in [-0.15, -0.1) is 0 Å². The Kier molecular flexibility index (Phi) is 6.24. The highest BCUT2D eigenvalue weighted by atomic mass is 35.5. The third kappa shape index (κ3) is 4.84. The normalized spacial score (nSPS) is 10.2. The summed E-state index contributed by atoms with van der Waals surface area (Å²) in [6.07, 6.45) is 0.709. The lowest BCUT2D eigenvalue weighted by molar-refractivity contribution is -0.384. The second-order valence-electron chi connectivity index (χ2n) is 3.73. The zero-order valence-corrected chi connectivity index (χ0v) is 11.3. The SMILES string of the molecule is CCOCCCNC(=O)c1ccc([N+](=O)[O-])c(Cl)c1. The summed E-state index contributed by atoms with van der Waals surface area (Å²) in [5.41, 5.74) is 0.0848. The second kappa shape index (κ2) is 7.70. The largest absolute Gasteiger partial charge is 0.382 e. The highest BCUT2D eigenvalue weighted by Crippen LogP contribution is 2.24. The number of carbonyl (C=O) groups is 1. The molecule has 0 saturated carbocycles. The number of nitrogens with one attached hydrogen (secondary N) is 1. The minimum Gasteiger partial charge on any atom is -0.382 e. The molecule has 0 spiro atoms. The predicted octanol–water partition coefficient (Wildman–Crippen LogP) is 2.40. The van der Waals surface area contributed by atoms with Crippen LogP contribution in [0.15, 0.2) is 18.2 Å². The van der Waals surface area contributed by atoms with Crippen LogP contribution in [0.5, 0.6) is 0 Å². The first-order valence-corrected chi connectivity index (χ1v) is 6.24. The quantitative estimate of drug-likeness (QED) is 0.474. The van der Waals surface area contributed by atoms with Crippen molar-refractivity contribution >= 4 is 23.2 Å². The molecule has 0 heterocycles. The topological polar surface area (TPSA) is 81.5 Å². The molecule has 0 saturated heterocycles. The zero-order valence-electron chi connectivity index (χ0n) is 10.5. The average Bonchev–Trinajstić information content (AvgIpc) is 2.37. The van der Waals surface area contributed by atoms with Crippen LogP contribution in [0.1, 0.15) is 23.7 Å². The standard InChI is InChI=1S/C12H15ClN2O4/c1-2-19-7-3-6-14-12(16)9-4-5-11(15(17)18)10(13)8-9/h4-5,8H,2-3,6-7H2,1H3,(H,14,16). The number of nitro groups is 1. The molecule has 0 aliphatic heterocycles. The van der Waals surface area contributed by atoms with E-state index in [0.717, 1.165) is 0 Å². The van der Waals surface area contributed by atoms with E-state index in [1.54, 1.807) is 0 Å². The maximum atomic E-state index is 11.7. The summed E-state index contributed by atoms with van der Waals surface area (Å²) >= 11 is 5.73. The lowest BCUT2D eigenvalue weighted by atomic mass is 10.2. The summed E-state index contributed by atoms with van der Waals surface area (Å²) in [4.78, 5) is 21.7. The predicted molar refractivity (Wildman–Crippen MR) is 71.5 cm³/mol. The van der Waals surface area contributed by atoms with Gasteiger partial charge in [0.1, 0.15) is 5.02 Å². The highest BCUT2D eigenvalue weighted by Gasteiger charge is 2.14. The molecule has 19 heavy (non-hydrogen) atoms. The number of ether oxygens (including phenoxy) is 1. The van der Waals surface area contributed by atoms with Crippen molar-refractivity contribution in [2.24, 2.45) is 0 Å². The molecule has 1 aromatic rings. The molecule has 0 aliphatic carbocycles. The summed E-state index contributed by atoms with van der Waals surface area (Å²) in [6.45, 7) is 3.61. The first-order chi connectivity index (χ1) is 9.06. The van der Waals surface area contributed by atoms with Crippen LogP contribution in [0.3, 0.4) is 0 Å². The van der Waals surface area contributed by atoms with Crippen molar-refractivity contribution in [2.75, 3.05) is 19.8 Å². The van der Waals surface area contributed by atoms with Gasteiger partial charge in [0.25, 0.3) is 11.6 Å². The van der Waals surface area contributed by atoms with E-state index in [4.69, 9.17) is 16.3 Å². The molecule has 6 nitrogen and oxygen atoms in total. The van der Waals surface area contributed by atoms with Gasteiger partial charge in [-0.1, -0.05) is 11.6 Å². The van der Waals surface area contributed by atoms with Crippen molar-refractivity contribution < 1.29 is 14.5 Å². The van der Waals surface area contributed by atoms with Crippen LogP contribution in [0.4, 0.5) is 5.69 Å². The Morgan fingerprint density at radius 2 is 2.26 bits per heavy atom. The smallest absolute Gasteiger partial charge is 0.287 e. The molecule has 0 unspecified atom stereocenters. The molecule has 0 fully saturated rings. The average molecular weight is 287 g/mol. The molecule has 0 radical (unpaired) electrons. The fourth-order valence-corrected chi connectivity index (χ4v) is 1.67. The van der Waals surface area contributed by atoms with Gasteiger partial charge in [-0.05, 0) is 25.5 Å². The van der Waals surface area contributed by atoms with E-state index in [2.05, 4.69) is 5.32 Å². The number of amides is 1. The Morgan fingerprint density at radius 1 is 1.53 bits per heavy atom. The molecule has 1 rings (SSSR count). The Morgan fingerprint density at radius 3 is 2.84 bits per heavy atom. The van der Waals surface area contributed by atoms with Crippen molar-refractivity contribution in [3.63, 3.8) is 0 Å². The summed E-state index contributed by atoms with van der Waals surface area (Å²) in [7, 11) is 0. The van der Waals surface area contributed by atoms with Gasteiger partial charge in [-0.2, -0.15) is 0 Å². The van der Waals surface area contributed by atoms with Crippen molar-refractivity contribution in [3.8, 4) is 0 Å². The fraction of sp³-hybridized carbons (Fsp3) is 0.417. The summed E-state index contributed by atoms with van der Waals surface area (Å²) in [5, 5.41) is 13.2. The summed E-state index contributed by atoms with van der Waals surface area (Å²) in [6, 6.07) is 3.89. The van der Waals surface area contributed by atoms with Crippen LogP contribution in [-0.2, 0) is 4.74 Å². The minimum atomic E-state index is -0.591. The molecule has 1 N–H and O–H groups in total. The highest BCUT2D eigenvalue weighted by molar-refractivity contribution is 6.33. The molecule has 1 amide bonds. The van der Waals surface area contributed by atoms with Gasteiger partial charge in [0.15, 0.2) is 0 Å². The van der Waals surface area contributed by atoms with Crippen LogP contribution in [0.2, 0.25) is 5.02 Å². The Labute approximate surface area is 115 Å². The number of benzene rings is 1. The van der Waals surface area contributed by atoms with Crippen LogP contribution in [-0.4, -0.2) is 30.6 Å². The first-order valence-electron chi connectivity index (χ1n) is 5.86. The van der Waals surface area contributed by atoms with Gasteiger partial charge in [-0.25, -0.2) is 0 Å². The van der Waals surface area contributed by atoms with Crippen LogP contribution >= 0.6 is 11.6 Å². The maximum absolute atomic E-state index is 11.7. The van der Waals surface area contributed by atoms with Gasteiger partial charge in [-0.3, -0.25) is 14.9 Å². The fourth-order valence-electron chi connectivity index (χ4n) is 1.42. The molecule has 0 bridgehead atoms. The molecule has 7 heteroatoms. The Balaban J connectivity index is 2.53. The number of hydrogen-bond acceptors (Lipinski definition) is 4. The van der Waals surface area contributed by atoms with E-state index in [1.807, 2.05) is 6.92 Å². The van der Waals surface area contributed by atoms with Gasteiger partial charge in [0.05, 0.1) is 4.92 Å². The van der Waals surface area contributed by atoms with Crippen molar-refractivity contribution in [1.29, 1.82) is 0 Å². The number of nitrogens with zero attached hydrogens (tertiary/aromatic N) is 1. The molecule has 1 aromatic carbocycles. The third-order valence-corrected chi connectivity index (χ3v) is 2.66. The number of carbonyl (C=O) groups excluding carboxylic acids is 1. The van der Waals surface area contributed by atoms with Crippen molar-refractivity contribution in [3.05, 3.63) is 38.9 Å². The molecule has 104 valence electrons. The van der Waals surface area contributed by atoms with Gasteiger partial charge in [0, 0.05) is 31.4 Å². The van der Waals surface area contributed by atoms with E-state index in [-0.39, 0.29) is 16.6 Å². The van der Waals surface area contributed by atoms with Crippen molar-refractivity contribution in [2.45, 2.75) is 13.3 Å². The number of nitro benzene ring substituents is 1. The molecule has 0 aliphatic rings. The Bertz CT molecular complexity index is 465. The van der Waals surface area contributed by atoms with Crippen LogP contribution in [0, 0.1) is 10.1 Å². The maximum Gasteiger partial charge on any atom is 0.287 e. The third-order valence-electron chi connectivity index (χ3n) is 2.36. The van der Waals surface area contributed by atoms with E-state index >= 15 is 0 Å². The lowest BCUT2D eigenvalue weighted by Crippen LogP contribution is -2.25. The zero-order chi connectivity index (χ0) is 14.3. The van der Waals surface area contributed by atoms with Gasteiger partial charge in [0.2, 0.25) is 0 Å². The summed E-state index contributed by atoms with van der Waals surface area (Å²) < 4.78 is 5.13. The minimum absolute atomic E-state index is 0.0491. The van der Waals surface area contributed by atoms with E-state index < -0.39 is 4.92 Å². The van der Waals surface area contributed by atoms with Gasteiger partial charge < -0.3 is 10.1 Å². The number of rotatable bonds is 7. The summed E-state index contributed by atoms with van der Waals surface area (Å²) in [5.74, 6) is -0.312. The van der Waals surface area contributed by atoms with Crippen LogP contribution < -0.4 is 5.32 Å². The first kappa shape index (κ1) is 15.4. The van der Waals surface area contributed by atoms with E-state index in [9.17, 15) is 14.9 Å². The van der Waals surface area contributed by atoms with Crippen LogP contribution in [0.25, 0.3) is 0 Å². The Hall–Kier alpha value is -1.66. The number of halogens is 1. The van der Waals surface area contributed by atoms with Gasteiger partial charge >= 0.3 is 0 Å². The number of hydrogen-bond donors (Lipinski definition) is 1. The molecule has 0 atom stereocenters. The molecular weight excluding hydrogens is 272 g/mol.